The summed E-state index contributed by atoms with van der Waals surface area (Å²) in [4.78, 5) is 36.6. The maximum atomic E-state index is 12.6. The molecule has 2 heterocycles. The number of allylic oxidation sites excluding steroid dienone is 1. The lowest BCUT2D eigenvalue weighted by molar-refractivity contribution is -0.214. The third-order valence-electron chi connectivity index (χ3n) is 4.64. The normalized spacial score (nSPS) is 26.9. The maximum Gasteiger partial charge on any atom is 0.328 e. The first-order chi connectivity index (χ1) is 10.9. The van der Waals surface area contributed by atoms with Crippen LogP contribution in [0.1, 0.15) is 39.5 Å². The van der Waals surface area contributed by atoms with Crippen molar-refractivity contribution in [1.29, 1.82) is 0 Å². The predicted octanol–water partition coefficient (Wildman–Crippen LogP) is 1.48. The Balaban J connectivity index is 2.28. The summed E-state index contributed by atoms with van der Waals surface area (Å²) in [7, 11) is 0. The molecular weight excluding hydrogens is 300 g/mol. The van der Waals surface area contributed by atoms with E-state index < -0.39 is 35.7 Å². The number of ether oxygens (including phenoxy) is 2. The van der Waals surface area contributed by atoms with E-state index in [1.54, 1.807) is 19.9 Å². The van der Waals surface area contributed by atoms with Gasteiger partial charge < -0.3 is 9.47 Å². The lowest BCUT2D eigenvalue weighted by Gasteiger charge is -2.43. The number of imide groups is 2. The number of urea groups is 1. The summed E-state index contributed by atoms with van der Waals surface area (Å²) in [5.41, 5.74) is -1.50. The minimum atomic E-state index is -1.50. The molecule has 2 aliphatic heterocycles. The molecule has 2 N–H and O–H groups in total. The topological polar surface area (TPSA) is 93.7 Å². The zero-order chi connectivity index (χ0) is 17.0. The van der Waals surface area contributed by atoms with Crippen molar-refractivity contribution in [1.82, 2.24) is 10.6 Å². The van der Waals surface area contributed by atoms with Crippen LogP contribution < -0.4 is 10.6 Å². The molecule has 2 fully saturated rings. The van der Waals surface area contributed by atoms with Crippen LogP contribution in [0.2, 0.25) is 0 Å². The van der Waals surface area contributed by atoms with Crippen LogP contribution in [0.15, 0.2) is 12.7 Å². The second-order valence-electron chi connectivity index (χ2n) is 6.11. The minimum Gasteiger partial charge on any atom is -0.353 e. The van der Waals surface area contributed by atoms with E-state index in [2.05, 4.69) is 17.2 Å². The Labute approximate surface area is 135 Å². The van der Waals surface area contributed by atoms with Crippen LogP contribution in [-0.4, -0.2) is 36.8 Å². The third kappa shape index (κ3) is 3.30. The van der Waals surface area contributed by atoms with Crippen molar-refractivity contribution in [3.05, 3.63) is 12.7 Å². The van der Waals surface area contributed by atoms with Crippen LogP contribution in [0, 0.1) is 11.3 Å². The quantitative estimate of drug-likeness (QED) is 0.570. The molecule has 0 radical (unpaired) electrons. The number of carbonyl (C=O) groups is 3. The van der Waals surface area contributed by atoms with Gasteiger partial charge in [0.1, 0.15) is 0 Å². The molecule has 2 aliphatic rings. The number of amides is 4. The summed E-state index contributed by atoms with van der Waals surface area (Å²) in [6.07, 6.45) is 3.57. The van der Waals surface area contributed by atoms with Crippen LogP contribution in [0.4, 0.5) is 4.79 Å². The predicted molar refractivity (Wildman–Crippen MR) is 82.2 cm³/mol. The summed E-state index contributed by atoms with van der Waals surface area (Å²) in [5.74, 6) is -1.65. The molecule has 2 rings (SSSR count). The van der Waals surface area contributed by atoms with Crippen molar-refractivity contribution >= 4 is 17.8 Å². The molecule has 3 unspecified atom stereocenters. The molecule has 0 aromatic heterocycles. The van der Waals surface area contributed by atoms with Crippen molar-refractivity contribution in [3.63, 3.8) is 0 Å². The van der Waals surface area contributed by atoms with Crippen molar-refractivity contribution in [2.24, 2.45) is 11.3 Å². The zero-order valence-corrected chi connectivity index (χ0v) is 13.6. The van der Waals surface area contributed by atoms with E-state index in [4.69, 9.17) is 9.47 Å². The zero-order valence-electron chi connectivity index (χ0n) is 13.6. The molecular formula is C16H24N2O5. The van der Waals surface area contributed by atoms with Crippen LogP contribution in [-0.2, 0) is 19.1 Å². The monoisotopic (exact) mass is 324 g/mol. The fourth-order valence-electron chi connectivity index (χ4n) is 3.35. The van der Waals surface area contributed by atoms with Crippen molar-refractivity contribution in [2.45, 2.75) is 51.9 Å². The van der Waals surface area contributed by atoms with E-state index in [0.29, 0.717) is 13.0 Å². The van der Waals surface area contributed by atoms with Crippen molar-refractivity contribution < 1.29 is 23.9 Å². The smallest absolute Gasteiger partial charge is 0.328 e. The summed E-state index contributed by atoms with van der Waals surface area (Å²) in [6.45, 7) is 7.72. The number of hydrogen-bond acceptors (Lipinski definition) is 5. The average Bonchev–Trinajstić information content (AvgIpc) is 2.48. The van der Waals surface area contributed by atoms with Crippen molar-refractivity contribution in [3.8, 4) is 0 Å². The SMILES string of the molecule is C=CCC(C)C1(C(C)OC2CCCCO2)C(=O)NC(=O)NC1=O. The highest BCUT2D eigenvalue weighted by Crippen LogP contribution is 2.39. The van der Waals surface area contributed by atoms with E-state index in [-0.39, 0.29) is 5.92 Å². The highest BCUT2D eigenvalue weighted by molar-refractivity contribution is 6.19. The van der Waals surface area contributed by atoms with Gasteiger partial charge in [-0.1, -0.05) is 13.0 Å². The van der Waals surface area contributed by atoms with Gasteiger partial charge in [0.15, 0.2) is 11.7 Å². The van der Waals surface area contributed by atoms with Gasteiger partial charge in [0.2, 0.25) is 11.8 Å². The number of hydrogen-bond donors (Lipinski definition) is 2. The summed E-state index contributed by atoms with van der Waals surface area (Å²) >= 11 is 0. The lowest BCUT2D eigenvalue weighted by Crippen LogP contribution is -2.68. The Morgan fingerprint density at radius 1 is 1.30 bits per heavy atom. The largest absolute Gasteiger partial charge is 0.353 e. The molecule has 0 bridgehead atoms. The van der Waals surface area contributed by atoms with E-state index in [1.807, 2.05) is 0 Å². The molecule has 4 amide bonds. The van der Waals surface area contributed by atoms with Gasteiger partial charge in [-0.25, -0.2) is 4.79 Å². The number of rotatable bonds is 6. The van der Waals surface area contributed by atoms with Crippen molar-refractivity contribution in [2.75, 3.05) is 6.61 Å². The van der Waals surface area contributed by atoms with Gasteiger partial charge >= 0.3 is 6.03 Å². The Morgan fingerprint density at radius 2 is 1.96 bits per heavy atom. The van der Waals surface area contributed by atoms with E-state index in [9.17, 15) is 14.4 Å². The molecule has 3 atom stereocenters. The van der Waals surface area contributed by atoms with Crippen LogP contribution in [0.25, 0.3) is 0 Å². The van der Waals surface area contributed by atoms with Gasteiger partial charge in [0.05, 0.1) is 6.10 Å². The molecule has 0 aliphatic carbocycles. The lowest BCUT2D eigenvalue weighted by atomic mass is 9.68. The number of carbonyl (C=O) groups excluding carboxylic acids is 3. The fraction of sp³-hybridized carbons (Fsp3) is 0.688. The summed E-state index contributed by atoms with van der Waals surface area (Å²) < 4.78 is 11.4. The molecule has 0 spiro atoms. The van der Waals surface area contributed by atoms with Gasteiger partial charge in [0.25, 0.3) is 0 Å². The third-order valence-corrected chi connectivity index (χ3v) is 4.64. The number of nitrogens with one attached hydrogen (secondary N) is 2. The molecule has 2 saturated heterocycles. The Bertz CT molecular complexity index is 479. The molecule has 0 aromatic rings. The van der Waals surface area contributed by atoms with E-state index in [0.717, 1.165) is 19.3 Å². The van der Waals surface area contributed by atoms with Gasteiger partial charge in [-0.3, -0.25) is 20.2 Å². The van der Waals surface area contributed by atoms with Gasteiger partial charge in [-0.15, -0.1) is 6.58 Å². The second kappa shape index (κ2) is 7.23. The summed E-state index contributed by atoms with van der Waals surface area (Å²) in [5, 5.41) is 4.39. The molecule has 23 heavy (non-hydrogen) atoms. The van der Waals surface area contributed by atoms with E-state index in [1.165, 1.54) is 0 Å². The summed E-state index contributed by atoms with van der Waals surface area (Å²) in [6, 6.07) is -0.803. The van der Waals surface area contributed by atoms with Gasteiger partial charge in [-0.05, 0) is 38.5 Å². The minimum absolute atomic E-state index is 0.383. The van der Waals surface area contributed by atoms with Gasteiger partial charge in [0, 0.05) is 6.61 Å². The standard InChI is InChI=1S/C16H24N2O5/c1-4-7-10(2)16(13(19)17-15(21)18-14(16)20)11(3)23-12-8-5-6-9-22-12/h4,10-12H,1,5-9H2,2-3H3,(H2,17,18,19,20,21). The van der Waals surface area contributed by atoms with Crippen LogP contribution in [0.3, 0.4) is 0 Å². The first kappa shape index (κ1) is 17.6. The Kier molecular flexibility index (Phi) is 5.54. The Morgan fingerprint density at radius 3 is 2.48 bits per heavy atom. The highest BCUT2D eigenvalue weighted by atomic mass is 16.7. The van der Waals surface area contributed by atoms with E-state index >= 15 is 0 Å². The second-order valence-corrected chi connectivity index (χ2v) is 6.11. The highest BCUT2D eigenvalue weighted by Gasteiger charge is 2.58. The molecule has 0 saturated carbocycles. The van der Waals surface area contributed by atoms with Gasteiger partial charge in [-0.2, -0.15) is 0 Å². The molecule has 128 valence electrons. The number of barbiturate groups is 1. The maximum absolute atomic E-state index is 12.6. The first-order valence-corrected chi connectivity index (χ1v) is 7.97. The Hall–Kier alpha value is -1.73. The first-order valence-electron chi connectivity index (χ1n) is 7.97. The fourth-order valence-corrected chi connectivity index (χ4v) is 3.35. The van der Waals surface area contributed by atoms with Crippen LogP contribution in [0.5, 0.6) is 0 Å². The molecule has 7 heteroatoms. The van der Waals surface area contributed by atoms with Crippen LogP contribution >= 0.6 is 0 Å². The average molecular weight is 324 g/mol. The molecule has 7 nitrogen and oxygen atoms in total. The molecule has 0 aromatic carbocycles.